The second-order valence-corrected chi connectivity index (χ2v) is 22.9. The Hall–Kier alpha value is -6.89. The van der Waals surface area contributed by atoms with Gasteiger partial charge in [0.05, 0.1) is 43.2 Å². The van der Waals surface area contributed by atoms with E-state index in [-0.39, 0.29) is 47.6 Å². The number of hydrogen-bond acceptors (Lipinski definition) is 13. The van der Waals surface area contributed by atoms with Gasteiger partial charge < -0.3 is 44.7 Å². The number of rotatable bonds is 19. The Morgan fingerprint density at radius 1 is 0.741 bits per heavy atom. The summed E-state index contributed by atoms with van der Waals surface area (Å²) >= 11 is 0. The van der Waals surface area contributed by atoms with Gasteiger partial charge in [-0.15, -0.1) is 0 Å². The molecule has 18 nitrogen and oxygen atoms in total. The highest BCUT2D eigenvalue weighted by Gasteiger charge is 2.36. The van der Waals surface area contributed by atoms with Crippen molar-refractivity contribution in [1.29, 1.82) is 0 Å². The number of anilines is 1. The molecule has 4 amide bonds. The summed E-state index contributed by atoms with van der Waals surface area (Å²) in [6.45, 7) is 15.8. The number of carbonyl (C=O) groups excluding carboxylic acids is 4. The van der Waals surface area contributed by atoms with Gasteiger partial charge in [-0.3, -0.25) is 38.8 Å². The number of fused-ring (bicyclic) bond motifs is 1. The standard InChI is InChI=1S/C63H83N11O7/c1-4-46-35-55-56(67-60(46)76)33-45(37-65-55)42-70-25-29-71(30-26-70)52-17-19-54(66-39-52)62(78)72-23-20-44(21-24-72)41-69-27-31-73(32-28-69)63(79)59(47-11-7-6-8-12-47)68-61(77)49-14-9-13-48(34-49)51-15-10-22-74(43-51)58(75)40-64-38-50-16-18-53(80-3)36-57(50)81-5-2/h9,13-14,16-19,33-37,39,44,47,51,59,64H,4-8,10-12,15,20-32,38,40-43H2,1-3H3,(H,67,76)(H,68,77)/t51-,59+/m0/s1. The quantitative estimate of drug-likeness (QED) is 0.0816. The molecule has 1 saturated carbocycles. The number of methoxy groups -OCH3 is 1. The van der Waals surface area contributed by atoms with Gasteiger partial charge in [0.2, 0.25) is 11.8 Å². The van der Waals surface area contributed by atoms with E-state index in [9.17, 15) is 24.0 Å². The van der Waals surface area contributed by atoms with Gasteiger partial charge in [0.25, 0.3) is 17.4 Å². The summed E-state index contributed by atoms with van der Waals surface area (Å²) in [6, 6.07) is 20.7. The van der Waals surface area contributed by atoms with Crippen LogP contribution in [0.2, 0.25) is 0 Å². The number of H-pyrrole nitrogens is 1. The summed E-state index contributed by atoms with van der Waals surface area (Å²) < 4.78 is 11.2. The minimum absolute atomic E-state index is 0.0201. The van der Waals surface area contributed by atoms with E-state index in [0.717, 1.165) is 161 Å². The average molecular weight is 1110 g/mol. The minimum Gasteiger partial charge on any atom is -0.497 e. The Morgan fingerprint density at radius 2 is 1.53 bits per heavy atom. The molecule has 0 radical (unpaired) electrons. The highest BCUT2D eigenvalue weighted by molar-refractivity contribution is 5.98. The van der Waals surface area contributed by atoms with Crippen molar-refractivity contribution in [3.05, 3.63) is 123 Å². The molecule has 4 saturated heterocycles. The van der Waals surface area contributed by atoms with Gasteiger partial charge >= 0.3 is 0 Å². The number of likely N-dealkylation sites (tertiary alicyclic amines) is 2. The lowest BCUT2D eigenvalue weighted by Gasteiger charge is -2.41. The van der Waals surface area contributed by atoms with E-state index in [1.54, 1.807) is 7.11 Å². The summed E-state index contributed by atoms with van der Waals surface area (Å²) in [4.78, 5) is 93.6. The first-order valence-electron chi connectivity index (χ1n) is 30.0. The van der Waals surface area contributed by atoms with Crippen LogP contribution in [0.15, 0.2) is 83.9 Å². The number of ether oxygens (including phenoxy) is 2. The molecule has 10 rings (SSSR count). The molecule has 5 fully saturated rings. The topological polar surface area (TPSA) is 189 Å². The van der Waals surface area contributed by atoms with Crippen LogP contribution in [0.3, 0.4) is 0 Å². The van der Waals surface area contributed by atoms with Crippen molar-refractivity contribution in [1.82, 2.24) is 50.1 Å². The number of nitrogens with one attached hydrogen (secondary N) is 3. The number of aromatic amines is 1. The molecule has 5 aromatic rings. The molecule has 2 aromatic carbocycles. The molecule has 0 unspecified atom stereocenters. The molecular formula is C63H83N11O7. The fourth-order valence-corrected chi connectivity index (χ4v) is 12.8. The third-order valence-corrected chi connectivity index (χ3v) is 17.7. The number of benzene rings is 2. The predicted molar refractivity (Wildman–Crippen MR) is 314 cm³/mol. The number of nitrogens with zero attached hydrogens (tertiary/aromatic N) is 8. The average Bonchev–Trinajstić information content (AvgIpc) is 3.51. The number of pyridine rings is 3. The van der Waals surface area contributed by atoms with E-state index in [0.29, 0.717) is 76.0 Å². The molecule has 0 bridgehead atoms. The van der Waals surface area contributed by atoms with Crippen LogP contribution >= 0.6 is 0 Å². The van der Waals surface area contributed by atoms with Crippen molar-refractivity contribution in [3.8, 4) is 11.5 Å². The maximum Gasteiger partial charge on any atom is 0.272 e. The zero-order chi connectivity index (χ0) is 56.2. The van der Waals surface area contributed by atoms with E-state index >= 15 is 0 Å². The number of amides is 4. The Kier molecular flexibility index (Phi) is 19.3. The smallest absolute Gasteiger partial charge is 0.272 e. The zero-order valence-corrected chi connectivity index (χ0v) is 47.8. The molecule has 81 heavy (non-hydrogen) atoms. The van der Waals surface area contributed by atoms with Crippen molar-refractivity contribution in [2.45, 2.75) is 103 Å². The van der Waals surface area contributed by atoms with Gasteiger partial charge in [-0.25, -0.2) is 4.98 Å². The molecule has 2 atom stereocenters. The summed E-state index contributed by atoms with van der Waals surface area (Å²) in [6.07, 6.45) is 13.2. The molecule has 432 valence electrons. The van der Waals surface area contributed by atoms with Gasteiger partial charge in [-0.1, -0.05) is 44.4 Å². The largest absolute Gasteiger partial charge is 0.497 e. The summed E-state index contributed by atoms with van der Waals surface area (Å²) in [5.74, 6) is 1.95. The van der Waals surface area contributed by atoms with Crippen LogP contribution in [0.25, 0.3) is 11.0 Å². The van der Waals surface area contributed by atoms with Crippen LogP contribution in [0.5, 0.6) is 11.5 Å². The normalized spacial score (nSPS) is 19.4. The molecular weight excluding hydrogens is 1020 g/mol. The van der Waals surface area contributed by atoms with Crippen molar-refractivity contribution in [2.75, 3.05) is 110 Å². The molecule has 4 aliphatic heterocycles. The molecule has 3 aromatic heterocycles. The predicted octanol–water partition coefficient (Wildman–Crippen LogP) is 6.48. The first-order valence-corrected chi connectivity index (χ1v) is 30.0. The lowest BCUT2D eigenvalue weighted by molar-refractivity contribution is -0.137. The SMILES string of the molecule is CCOc1cc(OC)ccc1CNCC(=O)N1CCC[C@H](c2cccc(C(=O)N[C@@H](C(=O)N3CCN(CC4CCN(C(=O)c5ccc(N6CCN(Cc7cnc8cc(CC)c(=O)[nH]c8c7)CC6)cn5)CC4)CC3)C3CCCCC3)c2)C1. The number of piperazine rings is 2. The van der Waals surface area contributed by atoms with E-state index in [4.69, 9.17) is 9.47 Å². The number of aryl methyl sites for hydroxylation is 1. The van der Waals surface area contributed by atoms with Crippen molar-refractivity contribution < 1.29 is 28.7 Å². The summed E-state index contributed by atoms with van der Waals surface area (Å²) in [5, 5.41) is 6.58. The monoisotopic (exact) mass is 1110 g/mol. The van der Waals surface area contributed by atoms with E-state index < -0.39 is 6.04 Å². The second kappa shape index (κ2) is 27.3. The lowest BCUT2D eigenvalue weighted by atomic mass is 9.83. The molecule has 0 spiro atoms. The summed E-state index contributed by atoms with van der Waals surface area (Å²) in [5.41, 5.74) is 7.39. The van der Waals surface area contributed by atoms with Crippen LogP contribution in [-0.2, 0) is 29.1 Å². The maximum absolute atomic E-state index is 14.5. The molecule has 7 heterocycles. The summed E-state index contributed by atoms with van der Waals surface area (Å²) in [7, 11) is 1.63. The fourth-order valence-electron chi connectivity index (χ4n) is 12.8. The van der Waals surface area contributed by atoms with E-state index in [2.05, 4.69) is 46.4 Å². The van der Waals surface area contributed by atoms with Gasteiger partial charge in [-0.05, 0) is 117 Å². The fraction of sp³-hybridized carbons (Fsp3) is 0.540. The third kappa shape index (κ3) is 14.4. The van der Waals surface area contributed by atoms with Gasteiger partial charge in [0.1, 0.15) is 23.2 Å². The molecule has 1 aliphatic carbocycles. The molecule has 3 N–H and O–H groups in total. The number of carbonyl (C=O) groups is 4. The van der Waals surface area contributed by atoms with Crippen LogP contribution in [0, 0.1) is 11.8 Å². The first-order chi connectivity index (χ1) is 39.5. The van der Waals surface area contributed by atoms with Crippen LogP contribution in [-0.4, -0.2) is 174 Å². The first kappa shape index (κ1) is 57.3. The number of aromatic nitrogens is 3. The second-order valence-electron chi connectivity index (χ2n) is 22.9. The zero-order valence-electron chi connectivity index (χ0n) is 47.8. The van der Waals surface area contributed by atoms with E-state index in [1.165, 1.54) is 0 Å². The van der Waals surface area contributed by atoms with Crippen LogP contribution in [0.1, 0.15) is 121 Å². The van der Waals surface area contributed by atoms with Crippen LogP contribution in [0.4, 0.5) is 5.69 Å². The van der Waals surface area contributed by atoms with E-state index in [1.807, 2.05) is 102 Å². The van der Waals surface area contributed by atoms with Crippen molar-refractivity contribution in [3.63, 3.8) is 0 Å². The van der Waals surface area contributed by atoms with Gasteiger partial charge in [-0.2, -0.15) is 0 Å². The van der Waals surface area contributed by atoms with Crippen molar-refractivity contribution in [2.24, 2.45) is 11.8 Å². The maximum atomic E-state index is 14.5. The Labute approximate surface area is 476 Å². The number of piperidine rings is 2. The highest BCUT2D eigenvalue weighted by atomic mass is 16.5. The molecule has 5 aliphatic rings. The Morgan fingerprint density at radius 3 is 2.27 bits per heavy atom. The van der Waals surface area contributed by atoms with Gasteiger partial charge in [0, 0.05) is 133 Å². The Balaban J connectivity index is 0.655. The highest BCUT2D eigenvalue weighted by Crippen LogP contribution is 2.31. The van der Waals surface area contributed by atoms with Gasteiger partial charge in [0.15, 0.2) is 0 Å². The molecule has 18 heteroatoms. The van der Waals surface area contributed by atoms with Crippen molar-refractivity contribution >= 4 is 40.3 Å². The Bertz CT molecular complexity index is 3010. The lowest BCUT2D eigenvalue weighted by Crippen LogP contribution is -2.57. The van der Waals surface area contributed by atoms with Crippen LogP contribution < -0.4 is 30.6 Å². The number of hydrogen-bond donors (Lipinski definition) is 3. The third-order valence-electron chi connectivity index (χ3n) is 17.7. The minimum atomic E-state index is -0.579.